The smallest absolute Gasteiger partial charge is 0.410 e. The first kappa shape index (κ1) is 29.5. The van der Waals surface area contributed by atoms with Gasteiger partial charge in [-0.1, -0.05) is 64.0 Å². The first-order chi connectivity index (χ1) is 17.2. The number of amides is 1. The molecule has 1 fully saturated rings. The van der Waals surface area contributed by atoms with Gasteiger partial charge in [0.15, 0.2) is 17.0 Å². The summed E-state index contributed by atoms with van der Waals surface area (Å²) in [6, 6.07) is 2.16. The van der Waals surface area contributed by atoms with Crippen LogP contribution in [0.25, 0.3) is 0 Å². The van der Waals surface area contributed by atoms with Crippen LogP contribution in [-0.2, 0) is 27.3 Å². The van der Waals surface area contributed by atoms with Gasteiger partial charge >= 0.3 is 18.0 Å². The summed E-state index contributed by atoms with van der Waals surface area (Å²) in [7, 11) is 0. The molecule has 36 heavy (non-hydrogen) atoms. The minimum Gasteiger partial charge on any atom is -0.480 e. The molecule has 0 radical (unpaired) electrons. The number of carbonyl (C=O) groups is 3. The van der Waals surface area contributed by atoms with Crippen molar-refractivity contribution in [3.8, 4) is 0 Å². The molecule has 1 aromatic rings. The van der Waals surface area contributed by atoms with Gasteiger partial charge < -0.3 is 19.8 Å². The Morgan fingerprint density at radius 2 is 1.50 bits per heavy atom. The first-order valence-electron chi connectivity index (χ1n) is 13.0. The molecule has 2 N–H and O–H groups in total. The number of carboxylic acid groups (broad SMARTS) is 2. The number of carboxylic acids is 2. The molecular formula is C27H39F2NO6. The summed E-state index contributed by atoms with van der Waals surface area (Å²) < 4.78 is 34.9. The number of halogens is 2. The summed E-state index contributed by atoms with van der Waals surface area (Å²) in [5.74, 6) is -4.97. The molecule has 1 unspecified atom stereocenters. The molecule has 9 heteroatoms. The number of hydrogen-bond acceptors (Lipinski definition) is 4. The van der Waals surface area contributed by atoms with E-state index in [0.717, 1.165) is 30.6 Å². The van der Waals surface area contributed by atoms with E-state index < -0.39 is 41.1 Å². The number of aryl methyl sites for hydroxylation is 1. The molecule has 0 spiro atoms. The summed E-state index contributed by atoms with van der Waals surface area (Å²) in [5.41, 5.74) is -1.82. The van der Waals surface area contributed by atoms with Gasteiger partial charge in [0.25, 0.3) is 0 Å². The zero-order chi connectivity index (χ0) is 26.7. The van der Waals surface area contributed by atoms with Crippen LogP contribution in [0.5, 0.6) is 0 Å². The highest BCUT2D eigenvalue weighted by molar-refractivity contribution is 5.98. The van der Waals surface area contributed by atoms with E-state index in [9.17, 15) is 33.4 Å². The van der Waals surface area contributed by atoms with Crippen molar-refractivity contribution in [2.45, 2.75) is 103 Å². The zero-order valence-corrected chi connectivity index (χ0v) is 21.4. The highest BCUT2D eigenvalue weighted by atomic mass is 19.2. The molecule has 1 saturated carbocycles. The van der Waals surface area contributed by atoms with Gasteiger partial charge in [-0.25, -0.2) is 13.6 Å². The predicted octanol–water partition coefficient (Wildman–Crippen LogP) is 6.31. The largest absolute Gasteiger partial charge is 0.480 e. The topological polar surface area (TPSA) is 104 Å². The van der Waals surface area contributed by atoms with Crippen molar-refractivity contribution >= 4 is 18.0 Å². The molecule has 0 saturated heterocycles. The monoisotopic (exact) mass is 511 g/mol. The maximum Gasteiger partial charge on any atom is 0.410 e. The van der Waals surface area contributed by atoms with Crippen LogP contribution in [-0.4, -0.2) is 45.8 Å². The predicted molar refractivity (Wildman–Crippen MR) is 131 cm³/mol. The van der Waals surface area contributed by atoms with Crippen LogP contribution in [0.2, 0.25) is 0 Å². The minimum absolute atomic E-state index is 0.0272. The Bertz CT molecular complexity index is 892. The number of unbranched alkanes of at least 4 members (excludes halogenated alkanes) is 7. The third kappa shape index (κ3) is 7.40. The summed E-state index contributed by atoms with van der Waals surface area (Å²) in [6.45, 7) is 3.44. The van der Waals surface area contributed by atoms with Crippen molar-refractivity contribution in [3.05, 3.63) is 34.9 Å². The van der Waals surface area contributed by atoms with Gasteiger partial charge in [-0.2, -0.15) is 0 Å². The highest BCUT2D eigenvalue weighted by Crippen LogP contribution is 2.42. The van der Waals surface area contributed by atoms with E-state index in [1.807, 2.05) is 0 Å². The highest BCUT2D eigenvalue weighted by Gasteiger charge is 2.54. The lowest BCUT2D eigenvalue weighted by Gasteiger charge is -2.29. The van der Waals surface area contributed by atoms with Crippen LogP contribution in [0.4, 0.5) is 13.6 Å². The van der Waals surface area contributed by atoms with Crippen molar-refractivity contribution in [2.24, 2.45) is 5.41 Å². The van der Waals surface area contributed by atoms with Crippen LogP contribution in [0, 0.1) is 17.0 Å². The molecule has 0 aromatic heterocycles. The van der Waals surface area contributed by atoms with E-state index in [1.165, 1.54) is 37.8 Å². The van der Waals surface area contributed by atoms with Crippen molar-refractivity contribution in [3.63, 3.8) is 0 Å². The second kappa shape index (κ2) is 14.1. The zero-order valence-electron chi connectivity index (χ0n) is 21.4. The Kier molecular flexibility index (Phi) is 11.6. The molecule has 1 aliphatic rings. The maximum absolute atomic E-state index is 15.0. The Morgan fingerprint density at radius 3 is 2.06 bits per heavy atom. The average Bonchev–Trinajstić information content (AvgIpc) is 3.30. The number of rotatable bonds is 15. The average molecular weight is 512 g/mol. The molecular weight excluding hydrogens is 472 g/mol. The molecule has 2 rings (SSSR count). The van der Waals surface area contributed by atoms with Crippen LogP contribution in [0.15, 0.2) is 12.1 Å². The van der Waals surface area contributed by atoms with E-state index in [2.05, 4.69) is 6.92 Å². The molecule has 1 aromatic carbocycles. The van der Waals surface area contributed by atoms with Gasteiger partial charge in [-0.05, 0) is 44.6 Å². The fourth-order valence-electron chi connectivity index (χ4n) is 4.89. The number of aliphatic carboxylic acids is 2. The molecule has 0 aliphatic heterocycles. The summed E-state index contributed by atoms with van der Waals surface area (Å²) >= 11 is 0. The number of benzene rings is 1. The lowest BCUT2D eigenvalue weighted by Crippen LogP contribution is -2.43. The molecule has 7 nitrogen and oxygen atoms in total. The van der Waals surface area contributed by atoms with Crippen LogP contribution < -0.4 is 0 Å². The van der Waals surface area contributed by atoms with Gasteiger partial charge in [0, 0.05) is 11.6 Å². The van der Waals surface area contributed by atoms with Crippen LogP contribution >= 0.6 is 0 Å². The first-order valence-corrected chi connectivity index (χ1v) is 13.0. The van der Waals surface area contributed by atoms with Crippen LogP contribution in [0.1, 0.15) is 95.6 Å². The Balaban J connectivity index is 2.07. The van der Waals surface area contributed by atoms with Crippen LogP contribution in [0.3, 0.4) is 0 Å². The van der Waals surface area contributed by atoms with Gasteiger partial charge in [-0.15, -0.1) is 0 Å². The summed E-state index contributed by atoms with van der Waals surface area (Å²) in [5, 5.41) is 19.0. The van der Waals surface area contributed by atoms with E-state index in [4.69, 9.17) is 4.74 Å². The fourth-order valence-corrected chi connectivity index (χ4v) is 4.89. The number of nitrogens with zero attached hydrogens (tertiary/aromatic N) is 1. The lowest BCUT2D eigenvalue weighted by atomic mass is 9.86. The minimum atomic E-state index is -2.03. The summed E-state index contributed by atoms with van der Waals surface area (Å²) in [6.07, 6.45) is 7.96. The number of hydrogen-bond donors (Lipinski definition) is 2. The van der Waals surface area contributed by atoms with Crippen molar-refractivity contribution < 1.29 is 38.1 Å². The van der Waals surface area contributed by atoms with Gasteiger partial charge in [0.1, 0.15) is 0 Å². The second-order valence-corrected chi connectivity index (χ2v) is 9.65. The van der Waals surface area contributed by atoms with Gasteiger partial charge in [0.05, 0.1) is 13.2 Å². The Labute approximate surface area is 211 Å². The SMILES string of the molecule is CCCCCCCCCCc1ccc(CN(C(=O)OCC)C2CCC(C(=O)O)(C(=O)O)C2)c(F)c1F. The van der Waals surface area contributed by atoms with Gasteiger partial charge in [-0.3, -0.25) is 9.59 Å². The van der Waals surface area contributed by atoms with Crippen molar-refractivity contribution in [1.29, 1.82) is 0 Å². The quantitative estimate of drug-likeness (QED) is 0.211. The maximum atomic E-state index is 15.0. The van der Waals surface area contributed by atoms with Crippen molar-refractivity contribution in [1.82, 2.24) is 4.90 Å². The number of ether oxygens (including phenoxy) is 1. The second-order valence-electron chi connectivity index (χ2n) is 9.65. The third-order valence-electron chi connectivity index (χ3n) is 7.13. The van der Waals surface area contributed by atoms with E-state index in [-0.39, 0.29) is 43.5 Å². The lowest BCUT2D eigenvalue weighted by molar-refractivity contribution is -0.164. The molecule has 1 aliphatic carbocycles. The molecule has 1 atom stereocenters. The number of carbonyl (C=O) groups excluding carboxylic acids is 1. The van der Waals surface area contributed by atoms with E-state index in [1.54, 1.807) is 6.92 Å². The summed E-state index contributed by atoms with van der Waals surface area (Å²) in [4.78, 5) is 37.1. The fraction of sp³-hybridized carbons (Fsp3) is 0.667. The Hall–Kier alpha value is -2.71. The van der Waals surface area contributed by atoms with Crippen molar-refractivity contribution in [2.75, 3.05) is 6.61 Å². The standard InChI is InChI=1S/C27H39F2NO6/c1-3-5-6-7-8-9-10-11-12-19-13-14-20(23(29)22(19)28)18-30(26(35)36-4-2)21-15-16-27(17-21,24(31)32)25(33)34/h13-14,21H,3-12,15-18H2,1-2H3,(H,31,32)(H,33,34). The Morgan fingerprint density at radius 1 is 0.944 bits per heavy atom. The van der Waals surface area contributed by atoms with Gasteiger partial charge in [0.2, 0.25) is 0 Å². The normalized spacial score (nSPS) is 16.6. The molecule has 202 valence electrons. The van der Waals surface area contributed by atoms with E-state index >= 15 is 0 Å². The molecule has 1 amide bonds. The third-order valence-corrected chi connectivity index (χ3v) is 7.13. The molecule has 0 bridgehead atoms. The van der Waals surface area contributed by atoms with E-state index in [0.29, 0.717) is 6.42 Å². The molecule has 0 heterocycles.